The lowest BCUT2D eigenvalue weighted by molar-refractivity contribution is 0.0868. The minimum absolute atomic E-state index is 0.0127. The van der Waals surface area contributed by atoms with E-state index in [4.69, 9.17) is 9.84 Å². The van der Waals surface area contributed by atoms with Crippen molar-refractivity contribution < 1.29 is 25.2 Å². The van der Waals surface area contributed by atoms with Gasteiger partial charge in [0.05, 0.1) is 34.8 Å². The minimum Gasteiger partial charge on any atom is -0.394 e. The third kappa shape index (κ3) is 8.54. The van der Waals surface area contributed by atoms with Crippen LogP contribution in [0, 0.1) is 11.8 Å². The van der Waals surface area contributed by atoms with Gasteiger partial charge in [0.2, 0.25) is 0 Å². The fraction of sp³-hybridized carbons (Fsp3) is 0.652. The van der Waals surface area contributed by atoms with E-state index in [1.807, 2.05) is 12.2 Å². The van der Waals surface area contributed by atoms with Crippen molar-refractivity contribution >= 4 is 27.3 Å². The Morgan fingerprint density at radius 3 is 2.70 bits per heavy atom. The van der Waals surface area contributed by atoms with Crippen molar-refractivity contribution in [1.82, 2.24) is 0 Å². The van der Waals surface area contributed by atoms with Crippen LogP contribution in [0.2, 0.25) is 0 Å². The number of hydrogen-bond donors (Lipinski definition) is 4. The minimum atomic E-state index is -0.644. The largest absolute Gasteiger partial charge is 0.394 e. The normalized spacial score (nSPS) is 26.7. The van der Waals surface area contributed by atoms with Crippen molar-refractivity contribution in [2.45, 2.75) is 69.4 Å². The van der Waals surface area contributed by atoms with Gasteiger partial charge in [-0.25, -0.2) is 0 Å². The smallest absolute Gasteiger partial charge is 0.0771 e. The topological polar surface area (TPSA) is 90.2 Å². The van der Waals surface area contributed by atoms with Crippen molar-refractivity contribution in [2.24, 2.45) is 11.8 Å². The molecular weight excluding hydrogens is 468 g/mol. The van der Waals surface area contributed by atoms with Gasteiger partial charge in [0, 0.05) is 24.3 Å². The number of hydrogen-bond acceptors (Lipinski definition) is 6. The predicted octanol–water partition coefficient (Wildman–Crippen LogP) is 3.84. The zero-order valence-corrected chi connectivity index (χ0v) is 20.0. The second kappa shape index (κ2) is 13.8. The summed E-state index contributed by atoms with van der Waals surface area (Å²) >= 11 is 5.22. The molecule has 5 nitrogen and oxygen atoms in total. The highest BCUT2D eigenvalue weighted by Crippen LogP contribution is 2.36. The van der Waals surface area contributed by atoms with Gasteiger partial charge in [0.15, 0.2) is 0 Å². The lowest BCUT2D eigenvalue weighted by Gasteiger charge is -2.20. The van der Waals surface area contributed by atoms with Crippen molar-refractivity contribution in [3.05, 3.63) is 45.1 Å². The number of halogens is 1. The number of methoxy groups -OCH3 is 1. The summed E-state index contributed by atoms with van der Waals surface area (Å²) in [4.78, 5) is 1.31. The lowest BCUT2D eigenvalue weighted by atomic mass is 9.89. The number of aryl methyl sites for hydroxylation is 1. The summed E-state index contributed by atoms with van der Waals surface area (Å²) in [6.45, 7) is -0.197. The number of allylic oxidation sites excluding steroid dienone is 2. The Hall–Kier alpha value is -0.540. The van der Waals surface area contributed by atoms with E-state index in [1.165, 1.54) is 4.88 Å². The second-order valence-electron chi connectivity index (χ2n) is 7.99. The van der Waals surface area contributed by atoms with Crippen molar-refractivity contribution in [3.63, 3.8) is 0 Å². The summed E-state index contributed by atoms with van der Waals surface area (Å²) in [6, 6.07) is 4.18. The van der Waals surface area contributed by atoms with Gasteiger partial charge in [0.25, 0.3) is 0 Å². The van der Waals surface area contributed by atoms with Crippen LogP contribution in [0.5, 0.6) is 0 Å². The Bertz CT molecular complexity index is 662. The number of aliphatic hydroxyl groups is 4. The number of aliphatic hydroxyl groups excluding tert-OH is 4. The van der Waals surface area contributed by atoms with Gasteiger partial charge in [-0.1, -0.05) is 24.3 Å². The number of ether oxygens (including phenoxy) is 1. The molecule has 0 radical (unpaired) electrons. The molecule has 1 fully saturated rings. The van der Waals surface area contributed by atoms with Crippen molar-refractivity contribution in [3.8, 4) is 0 Å². The molecule has 1 saturated carbocycles. The molecule has 0 spiro atoms. The van der Waals surface area contributed by atoms with E-state index in [0.717, 1.165) is 29.5 Å². The highest BCUT2D eigenvalue weighted by Gasteiger charge is 2.39. The first-order chi connectivity index (χ1) is 14.4. The maximum atomic E-state index is 10.4. The van der Waals surface area contributed by atoms with E-state index in [9.17, 15) is 15.3 Å². The van der Waals surface area contributed by atoms with Gasteiger partial charge in [-0.15, -0.1) is 11.3 Å². The summed E-state index contributed by atoms with van der Waals surface area (Å²) < 4.78 is 6.73. The number of rotatable bonds is 13. The Balaban J connectivity index is 1.84. The van der Waals surface area contributed by atoms with Crippen LogP contribution in [0.4, 0.5) is 0 Å². The molecule has 170 valence electrons. The molecular formula is C23H35BrO5S. The van der Waals surface area contributed by atoms with Crippen LogP contribution < -0.4 is 0 Å². The molecule has 1 aliphatic rings. The summed E-state index contributed by atoms with van der Waals surface area (Å²) in [6.07, 6.45) is 11.6. The fourth-order valence-corrected chi connectivity index (χ4v) is 5.45. The summed E-state index contributed by atoms with van der Waals surface area (Å²) in [5.41, 5.74) is 0. The van der Waals surface area contributed by atoms with Gasteiger partial charge in [-0.05, 0) is 72.5 Å². The summed E-state index contributed by atoms with van der Waals surface area (Å²) in [7, 11) is 1.70. The molecule has 30 heavy (non-hydrogen) atoms. The van der Waals surface area contributed by atoms with Crippen LogP contribution in [0.15, 0.2) is 40.2 Å². The molecule has 1 aliphatic carbocycles. The van der Waals surface area contributed by atoms with E-state index in [1.54, 1.807) is 18.4 Å². The monoisotopic (exact) mass is 502 g/mol. The molecule has 0 bridgehead atoms. The van der Waals surface area contributed by atoms with E-state index in [-0.39, 0.29) is 24.5 Å². The molecule has 1 aromatic heterocycles. The van der Waals surface area contributed by atoms with Gasteiger partial charge < -0.3 is 25.2 Å². The van der Waals surface area contributed by atoms with Crippen LogP contribution in [-0.2, 0) is 11.2 Å². The third-order valence-corrected chi connectivity index (χ3v) is 7.45. The average molecular weight is 503 g/mol. The molecule has 1 aromatic rings. The molecule has 0 saturated heterocycles. The maximum Gasteiger partial charge on any atom is 0.0771 e. The van der Waals surface area contributed by atoms with E-state index < -0.39 is 18.3 Å². The SMILES string of the molecule is COC(C=C[C@@H]1[C@@H](CC=CCCCC(O)CO)[C@@H](O)C[C@H]1O)CCc1ccc(Br)s1. The zero-order valence-electron chi connectivity index (χ0n) is 17.6. The summed E-state index contributed by atoms with van der Waals surface area (Å²) in [5.74, 6) is -0.101. The Morgan fingerprint density at radius 2 is 2.03 bits per heavy atom. The highest BCUT2D eigenvalue weighted by atomic mass is 79.9. The quantitative estimate of drug-likeness (QED) is 0.243. The molecule has 7 heteroatoms. The lowest BCUT2D eigenvalue weighted by Crippen LogP contribution is -2.20. The van der Waals surface area contributed by atoms with Crippen LogP contribution in [-0.4, -0.2) is 58.6 Å². The van der Waals surface area contributed by atoms with E-state index >= 15 is 0 Å². The first-order valence-electron chi connectivity index (χ1n) is 10.7. The molecule has 2 unspecified atom stereocenters. The third-order valence-electron chi connectivity index (χ3n) is 5.76. The van der Waals surface area contributed by atoms with E-state index in [2.05, 4.69) is 40.2 Å². The van der Waals surface area contributed by atoms with Gasteiger partial charge in [-0.3, -0.25) is 0 Å². The van der Waals surface area contributed by atoms with Gasteiger partial charge in [0.1, 0.15) is 0 Å². The van der Waals surface area contributed by atoms with Crippen LogP contribution >= 0.6 is 27.3 Å². The molecule has 4 N–H and O–H groups in total. The molecule has 0 amide bonds. The molecule has 2 rings (SSSR count). The van der Waals surface area contributed by atoms with Crippen LogP contribution in [0.1, 0.15) is 43.4 Å². The Morgan fingerprint density at radius 1 is 1.23 bits per heavy atom. The van der Waals surface area contributed by atoms with Gasteiger partial charge >= 0.3 is 0 Å². The maximum absolute atomic E-state index is 10.4. The Kier molecular flexibility index (Phi) is 11.8. The number of unbranched alkanes of at least 4 members (excludes halogenated alkanes) is 1. The first kappa shape index (κ1) is 25.7. The highest BCUT2D eigenvalue weighted by molar-refractivity contribution is 9.11. The molecule has 0 aromatic carbocycles. The number of thiophene rings is 1. The van der Waals surface area contributed by atoms with Crippen LogP contribution in [0.25, 0.3) is 0 Å². The standard InChI is InChI=1S/C23H35BrO5S/c1-29-17(8-10-18-11-13-23(24)30-18)9-12-20-19(21(27)14-22(20)28)7-5-3-2-4-6-16(26)15-25/h3,5,9,11-13,16-17,19-22,25-28H,2,4,6-8,10,14-15H2,1H3/t16?,17?,19-,20-,21+,22-/m1/s1. The van der Waals surface area contributed by atoms with Crippen LogP contribution in [0.3, 0.4) is 0 Å². The van der Waals surface area contributed by atoms with Crippen molar-refractivity contribution in [1.29, 1.82) is 0 Å². The molecule has 0 aliphatic heterocycles. The average Bonchev–Trinajstić information content (AvgIpc) is 3.26. The first-order valence-corrected chi connectivity index (χ1v) is 12.3. The molecule has 6 atom stereocenters. The van der Waals surface area contributed by atoms with Crippen molar-refractivity contribution in [2.75, 3.05) is 13.7 Å². The zero-order chi connectivity index (χ0) is 21.9. The fourth-order valence-electron chi connectivity index (χ4n) is 3.96. The predicted molar refractivity (Wildman–Crippen MR) is 125 cm³/mol. The van der Waals surface area contributed by atoms with Gasteiger partial charge in [-0.2, -0.15) is 0 Å². The second-order valence-corrected chi connectivity index (χ2v) is 10.5. The van der Waals surface area contributed by atoms with E-state index in [0.29, 0.717) is 19.3 Å². The summed E-state index contributed by atoms with van der Waals surface area (Å²) in [5, 5.41) is 39.0. The Labute approximate surface area is 192 Å². The molecule has 1 heterocycles.